The fourth-order valence-electron chi connectivity index (χ4n) is 1.56. The molecule has 5 heteroatoms. The molecule has 0 bridgehead atoms. The van der Waals surface area contributed by atoms with E-state index in [0.29, 0.717) is 18.5 Å². The smallest absolute Gasteiger partial charge is 0.303 e. The lowest BCUT2D eigenvalue weighted by molar-refractivity contribution is -0.137. The molecule has 0 saturated carbocycles. The molecule has 2 N–H and O–H groups in total. The maximum Gasteiger partial charge on any atom is 0.303 e. The summed E-state index contributed by atoms with van der Waals surface area (Å²) in [5.74, 6) is -0.908. The number of carbonyl (C=O) groups is 2. The van der Waals surface area contributed by atoms with Crippen LogP contribution in [-0.4, -0.2) is 28.5 Å². The molecular formula is C13H18N2O3. The van der Waals surface area contributed by atoms with Crippen LogP contribution in [0.3, 0.4) is 0 Å². The summed E-state index contributed by atoms with van der Waals surface area (Å²) in [6.07, 6.45) is 5.67. The van der Waals surface area contributed by atoms with E-state index in [1.807, 2.05) is 6.92 Å². The van der Waals surface area contributed by atoms with Gasteiger partial charge in [0.05, 0.1) is 5.56 Å². The first-order valence-corrected chi connectivity index (χ1v) is 6.01. The van der Waals surface area contributed by atoms with Crippen molar-refractivity contribution in [2.75, 3.05) is 6.54 Å². The van der Waals surface area contributed by atoms with E-state index in [1.54, 1.807) is 12.3 Å². The molecule has 5 nitrogen and oxygen atoms in total. The number of carboxylic acids is 1. The van der Waals surface area contributed by atoms with Crippen LogP contribution in [0.4, 0.5) is 0 Å². The highest BCUT2D eigenvalue weighted by molar-refractivity contribution is 5.93. The average Bonchev–Trinajstić information content (AvgIpc) is 2.33. The third-order valence-corrected chi connectivity index (χ3v) is 2.49. The van der Waals surface area contributed by atoms with Gasteiger partial charge in [-0.15, -0.1) is 0 Å². The summed E-state index contributed by atoms with van der Waals surface area (Å²) in [7, 11) is 0. The van der Waals surface area contributed by atoms with Crippen LogP contribution in [-0.2, 0) is 4.79 Å². The first-order valence-electron chi connectivity index (χ1n) is 6.01. The van der Waals surface area contributed by atoms with Gasteiger partial charge >= 0.3 is 5.97 Å². The van der Waals surface area contributed by atoms with Crippen LogP contribution in [0, 0.1) is 6.92 Å². The number of rotatable bonds is 7. The van der Waals surface area contributed by atoms with E-state index < -0.39 is 5.97 Å². The number of aromatic nitrogens is 1. The molecule has 0 fully saturated rings. The van der Waals surface area contributed by atoms with Gasteiger partial charge in [0.1, 0.15) is 0 Å². The maximum atomic E-state index is 11.7. The highest BCUT2D eigenvalue weighted by atomic mass is 16.4. The molecule has 1 aromatic rings. The van der Waals surface area contributed by atoms with Gasteiger partial charge in [0.2, 0.25) is 0 Å². The molecule has 0 saturated heterocycles. The Hall–Kier alpha value is -1.91. The SMILES string of the molecule is Cc1cncc(C(=O)NCCCCCC(=O)O)c1. The van der Waals surface area contributed by atoms with Crippen molar-refractivity contribution < 1.29 is 14.7 Å². The van der Waals surface area contributed by atoms with E-state index in [1.165, 1.54) is 6.20 Å². The van der Waals surface area contributed by atoms with Crippen molar-refractivity contribution in [3.8, 4) is 0 Å². The largest absolute Gasteiger partial charge is 0.481 e. The molecule has 1 aromatic heterocycles. The molecule has 98 valence electrons. The van der Waals surface area contributed by atoms with Crippen LogP contribution < -0.4 is 5.32 Å². The maximum absolute atomic E-state index is 11.7. The Kier molecular flexibility index (Phi) is 5.84. The summed E-state index contributed by atoms with van der Waals surface area (Å²) in [5.41, 5.74) is 1.50. The van der Waals surface area contributed by atoms with Crippen LogP contribution >= 0.6 is 0 Å². The minimum Gasteiger partial charge on any atom is -0.481 e. The summed E-state index contributed by atoms with van der Waals surface area (Å²) in [4.78, 5) is 25.9. The van der Waals surface area contributed by atoms with E-state index >= 15 is 0 Å². The van der Waals surface area contributed by atoms with E-state index in [-0.39, 0.29) is 12.3 Å². The number of aliphatic carboxylic acids is 1. The number of carboxylic acid groups (broad SMARTS) is 1. The molecule has 1 amide bonds. The summed E-state index contributed by atoms with van der Waals surface area (Å²) < 4.78 is 0. The molecular weight excluding hydrogens is 232 g/mol. The molecule has 1 heterocycles. The predicted octanol–water partition coefficient (Wildman–Crippen LogP) is 1.76. The fraction of sp³-hybridized carbons (Fsp3) is 0.462. The van der Waals surface area contributed by atoms with Crippen LogP contribution in [0.1, 0.15) is 41.6 Å². The lowest BCUT2D eigenvalue weighted by Crippen LogP contribution is -2.24. The lowest BCUT2D eigenvalue weighted by Gasteiger charge is -2.05. The van der Waals surface area contributed by atoms with Gasteiger partial charge < -0.3 is 10.4 Å². The van der Waals surface area contributed by atoms with Crippen molar-refractivity contribution in [2.45, 2.75) is 32.6 Å². The Balaban J connectivity index is 2.20. The van der Waals surface area contributed by atoms with Crippen LogP contribution in [0.25, 0.3) is 0 Å². The van der Waals surface area contributed by atoms with Crippen molar-refractivity contribution in [2.24, 2.45) is 0 Å². The fourth-order valence-corrected chi connectivity index (χ4v) is 1.56. The summed E-state index contributed by atoms with van der Waals surface area (Å²) >= 11 is 0. The number of unbranched alkanes of at least 4 members (excludes halogenated alkanes) is 2. The highest BCUT2D eigenvalue weighted by Crippen LogP contribution is 2.02. The molecule has 0 aliphatic carbocycles. The summed E-state index contributed by atoms with van der Waals surface area (Å²) in [6, 6.07) is 1.78. The summed E-state index contributed by atoms with van der Waals surface area (Å²) in [6.45, 7) is 2.45. The third kappa shape index (κ3) is 5.43. The van der Waals surface area contributed by atoms with Gasteiger partial charge in [0.15, 0.2) is 0 Å². The van der Waals surface area contributed by atoms with Crippen LogP contribution in [0.5, 0.6) is 0 Å². The Morgan fingerprint density at radius 2 is 2.06 bits per heavy atom. The molecule has 0 aliphatic rings. The van der Waals surface area contributed by atoms with E-state index in [4.69, 9.17) is 5.11 Å². The zero-order valence-electron chi connectivity index (χ0n) is 10.5. The number of nitrogens with one attached hydrogen (secondary N) is 1. The molecule has 0 aliphatic heterocycles. The zero-order valence-corrected chi connectivity index (χ0v) is 10.5. The standard InChI is InChI=1S/C13H18N2O3/c1-10-7-11(9-14-8-10)13(18)15-6-4-2-3-5-12(16)17/h7-9H,2-6H2,1H3,(H,15,18)(H,16,17). The first kappa shape index (κ1) is 14.2. The van der Waals surface area contributed by atoms with Gasteiger partial charge in [0, 0.05) is 25.4 Å². The van der Waals surface area contributed by atoms with E-state index in [9.17, 15) is 9.59 Å². The lowest BCUT2D eigenvalue weighted by atomic mass is 10.2. The van der Waals surface area contributed by atoms with Crippen molar-refractivity contribution in [3.63, 3.8) is 0 Å². The number of amides is 1. The van der Waals surface area contributed by atoms with Gasteiger partial charge in [-0.3, -0.25) is 14.6 Å². The topological polar surface area (TPSA) is 79.3 Å². The Bertz CT molecular complexity index is 418. The van der Waals surface area contributed by atoms with Gasteiger partial charge in [-0.1, -0.05) is 6.42 Å². The normalized spacial score (nSPS) is 10.1. The van der Waals surface area contributed by atoms with Crippen molar-refractivity contribution in [1.82, 2.24) is 10.3 Å². The second kappa shape index (κ2) is 7.42. The van der Waals surface area contributed by atoms with Gasteiger partial charge in [-0.25, -0.2) is 0 Å². The highest BCUT2D eigenvalue weighted by Gasteiger charge is 2.05. The van der Waals surface area contributed by atoms with E-state index in [2.05, 4.69) is 10.3 Å². The van der Waals surface area contributed by atoms with Gasteiger partial charge in [0.25, 0.3) is 5.91 Å². The Morgan fingerprint density at radius 1 is 1.28 bits per heavy atom. The van der Waals surface area contributed by atoms with Crippen molar-refractivity contribution in [3.05, 3.63) is 29.6 Å². The number of hydrogen-bond acceptors (Lipinski definition) is 3. The molecule has 18 heavy (non-hydrogen) atoms. The molecule has 0 atom stereocenters. The quantitative estimate of drug-likeness (QED) is 0.723. The molecule has 0 unspecified atom stereocenters. The number of hydrogen-bond donors (Lipinski definition) is 2. The number of nitrogens with zero attached hydrogens (tertiary/aromatic N) is 1. The minimum absolute atomic E-state index is 0.135. The summed E-state index contributed by atoms with van der Waals surface area (Å²) in [5, 5.41) is 11.2. The molecule has 0 spiro atoms. The second-order valence-electron chi connectivity index (χ2n) is 4.21. The number of pyridine rings is 1. The van der Waals surface area contributed by atoms with E-state index in [0.717, 1.165) is 18.4 Å². The van der Waals surface area contributed by atoms with Crippen LogP contribution in [0.15, 0.2) is 18.5 Å². The van der Waals surface area contributed by atoms with Crippen molar-refractivity contribution in [1.29, 1.82) is 0 Å². The molecule has 0 aromatic carbocycles. The minimum atomic E-state index is -0.773. The third-order valence-electron chi connectivity index (χ3n) is 2.49. The second-order valence-corrected chi connectivity index (χ2v) is 4.21. The molecule has 1 rings (SSSR count). The van der Waals surface area contributed by atoms with Crippen LogP contribution in [0.2, 0.25) is 0 Å². The Morgan fingerprint density at radius 3 is 2.72 bits per heavy atom. The monoisotopic (exact) mass is 250 g/mol. The van der Waals surface area contributed by atoms with Gasteiger partial charge in [-0.2, -0.15) is 0 Å². The number of aryl methyl sites for hydroxylation is 1. The van der Waals surface area contributed by atoms with Crippen molar-refractivity contribution >= 4 is 11.9 Å². The molecule has 0 radical (unpaired) electrons. The zero-order chi connectivity index (χ0) is 13.4. The van der Waals surface area contributed by atoms with Gasteiger partial charge in [-0.05, 0) is 31.4 Å². The average molecular weight is 250 g/mol. The first-order chi connectivity index (χ1) is 8.59. The Labute approximate surface area is 106 Å². The number of carbonyl (C=O) groups excluding carboxylic acids is 1. The predicted molar refractivity (Wildman–Crippen MR) is 67.4 cm³/mol.